The summed E-state index contributed by atoms with van der Waals surface area (Å²) in [6, 6.07) is 8.48. The van der Waals surface area contributed by atoms with Crippen molar-refractivity contribution in [3.05, 3.63) is 33.4 Å². The lowest BCUT2D eigenvalue weighted by Gasteiger charge is -2.20. The molecule has 0 spiro atoms. The van der Waals surface area contributed by atoms with Gasteiger partial charge in [-0.05, 0) is 52.6 Å². The van der Waals surface area contributed by atoms with Crippen LogP contribution >= 0.6 is 22.6 Å². The van der Waals surface area contributed by atoms with Gasteiger partial charge in [-0.3, -0.25) is 0 Å². The van der Waals surface area contributed by atoms with Crippen LogP contribution < -0.4 is 5.73 Å². The topological polar surface area (TPSA) is 35.2 Å². The molecule has 0 radical (unpaired) electrons. The van der Waals surface area contributed by atoms with E-state index in [1.807, 2.05) is 0 Å². The van der Waals surface area contributed by atoms with Gasteiger partial charge < -0.3 is 10.5 Å². The van der Waals surface area contributed by atoms with Gasteiger partial charge in [-0.25, -0.2) is 0 Å². The van der Waals surface area contributed by atoms with Crippen LogP contribution in [0.1, 0.15) is 24.9 Å². The van der Waals surface area contributed by atoms with Crippen molar-refractivity contribution in [1.29, 1.82) is 0 Å². The van der Waals surface area contributed by atoms with E-state index in [2.05, 4.69) is 53.8 Å². The number of hydrogen-bond acceptors (Lipinski definition) is 2. The number of nitrogens with two attached hydrogens (primary N) is 1. The zero-order valence-electron chi connectivity index (χ0n) is 9.24. The molecule has 15 heavy (non-hydrogen) atoms. The first-order valence-corrected chi connectivity index (χ1v) is 6.23. The minimum absolute atomic E-state index is 0.106. The molecule has 0 fully saturated rings. The Bertz CT molecular complexity index is 303. The fourth-order valence-electron chi connectivity index (χ4n) is 1.53. The molecule has 0 saturated carbocycles. The Hall–Kier alpha value is -0.130. The van der Waals surface area contributed by atoms with Crippen molar-refractivity contribution in [3.63, 3.8) is 0 Å². The quantitative estimate of drug-likeness (QED) is 0.847. The lowest BCUT2D eigenvalue weighted by Crippen LogP contribution is -2.20. The number of rotatable bonds is 5. The molecule has 0 aliphatic heterocycles. The second-order valence-electron chi connectivity index (χ2n) is 3.84. The summed E-state index contributed by atoms with van der Waals surface area (Å²) in [6.07, 6.45) is 1.00. The van der Waals surface area contributed by atoms with Crippen molar-refractivity contribution in [3.8, 4) is 0 Å². The summed E-state index contributed by atoms with van der Waals surface area (Å²) in [5, 5.41) is 0. The average molecular weight is 319 g/mol. The maximum Gasteiger partial charge on any atom is 0.0465 e. The second kappa shape index (κ2) is 6.45. The highest BCUT2D eigenvalue weighted by Gasteiger charge is 2.14. The maximum atomic E-state index is 6.19. The third-order valence-electron chi connectivity index (χ3n) is 2.62. The smallest absolute Gasteiger partial charge is 0.0465 e. The van der Waals surface area contributed by atoms with Crippen LogP contribution in [0.3, 0.4) is 0 Å². The van der Waals surface area contributed by atoms with E-state index in [-0.39, 0.29) is 6.04 Å². The molecule has 1 aromatic rings. The predicted octanol–water partition coefficient (Wildman–Crippen LogP) is 2.96. The summed E-state index contributed by atoms with van der Waals surface area (Å²) >= 11 is 2.31. The molecule has 0 aliphatic rings. The van der Waals surface area contributed by atoms with E-state index in [1.54, 1.807) is 7.11 Å². The first-order chi connectivity index (χ1) is 7.15. The van der Waals surface area contributed by atoms with Crippen molar-refractivity contribution in [2.24, 2.45) is 11.7 Å². The molecule has 0 aromatic heterocycles. The number of ether oxygens (including phenoxy) is 1. The molecule has 0 heterocycles. The SMILES string of the molecule is COCCC(C)C(N)c1cccc(I)c1. The summed E-state index contributed by atoms with van der Waals surface area (Å²) in [6.45, 7) is 2.95. The Balaban J connectivity index is 2.62. The summed E-state index contributed by atoms with van der Waals surface area (Å²) in [5.41, 5.74) is 7.40. The highest BCUT2D eigenvalue weighted by Crippen LogP contribution is 2.23. The van der Waals surface area contributed by atoms with Crippen LogP contribution in [-0.4, -0.2) is 13.7 Å². The fraction of sp³-hybridized carbons (Fsp3) is 0.500. The number of methoxy groups -OCH3 is 1. The van der Waals surface area contributed by atoms with Crippen molar-refractivity contribution in [2.75, 3.05) is 13.7 Å². The standard InChI is InChI=1S/C12H18INO/c1-9(6-7-15-2)12(14)10-4-3-5-11(13)8-10/h3-5,8-9,12H,6-7,14H2,1-2H3. The van der Waals surface area contributed by atoms with Gasteiger partial charge in [0.2, 0.25) is 0 Å². The highest BCUT2D eigenvalue weighted by molar-refractivity contribution is 14.1. The van der Waals surface area contributed by atoms with Gasteiger partial charge in [0, 0.05) is 23.3 Å². The Morgan fingerprint density at radius 1 is 1.47 bits per heavy atom. The third-order valence-corrected chi connectivity index (χ3v) is 3.29. The van der Waals surface area contributed by atoms with E-state index in [0.29, 0.717) is 5.92 Å². The van der Waals surface area contributed by atoms with E-state index in [4.69, 9.17) is 10.5 Å². The monoisotopic (exact) mass is 319 g/mol. The number of hydrogen-bond donors (Lipinski definition) is 1. The lowest BCUT2D eigenvalue weighted by molar-refractivity contribution is 0.174. The van der Waals surface area contributed by atoms with Gasteiger partial charge in [0.15, 0.2) is 0 Å². The average Bonchev–Trinajstić information content (AvgIpc) is 2.24. The van der Waals surface area contributed by atoms with Crippen molar-refractivity contribution >= 4 is 22.6 Å². The van der Waals surface area contributed by atoms with Crippen molar-refractivity contribution < 1.29 is 4.74 Å². The summed E-state index contributed by atoms with van der Waals surface area (Å²) in [7, 11) is 1.73. The molecule has 2 unspecified atom stereocenters. The van der Waals surface area contributed by atoms with Gasteiger partial charge in [-0.2, -0.15) is 0 Å². The molecule has 0 amide bonds. The summed E-state index contributed by atoms with van der Waals surface area (Å²) in [5.74, 6) is 0.447. The van der Waals surface area contributed by atoms with Crippen LogP contribution in [0.2, 0.25) is 0 Å². The van der Waals surface area contributed by atoms with E-state index in [9.17, 15) is 0 Å². The molecule has 1 aromatic carbocycles. The van der Waals surface area contributed by atoms with Gasteiger partial charge >= 0.3 is 0 Å². The molecule has 2 N–H and O–H groups in total. The Kier molecular flexibility index (Phi) is 5.56. The zero-order chi connectivity index (χ0) is 11.3. The number of benzene rings is 1. The molecular formula is C12H18INO. The van der Waals surface area contributed by atoms with Crippen LogP contribution in [0.4, 0.5) is 0 Å². The molecule has 84 valence electrons. The minimum atomic E-state index is 0.106. The Morgan fingerprint density at radius 3 is 2.80 bits per heavy atom. The Morgan fingerprint density at radius 2 is 2.20 bits per heavy atom. The molecule has 0 bridgehead atoms. The van der Waals surface area contributed by atoms with Crippen LogP contribution in [0.25, 0.3) is 0 Å². The summed E-state index contributed by atoms with van der Waals surface area (Å²) in [4.78, 5) is 0. The lowest BCUT2D eigenvalue weighted by atomic mass is 9.93. The molecular weight excluding hydrogens is 301 g/mol. The fourth-order valence-corrected chi connectivity index (χ4v) is 2.09. The van der Waals surface area contributed by atoms with E-state index in [0.717, 1.165) is 13.0 Å². The molecule has 0 aliphatic carbocycles. The molecule has 2 nitrogen and oxygen atoms in total. The van der Waals surface area contributed by atoms with Gasteiger partial charge in [0.1, 0.15) is 0 Å². The van der Waals surface area contributed by atoms with Crippen molar-refractivity contribution in [1.82, 2.24) is 0 Å². The van der Waals surface area contributed by atoms with Crippen LogP contribution in [0.5, 0.6) is 0 Å². The number of halogens is 1. The normalized spacial score (nSPS) is 14.9. The molecule has 3 heteroatoms. The second-order valence-corrected chi connectivity index (χ2v) is 5.09. The molecule has 2 atom stereocenters. The molecule has 1 rings (SSSR count). The van der Waals surface area contributed by atoms with Gasteiger partial charge in [-0.15, -0.1) is 0 Å². The van der Waals surface area contributed by atoms with E-state index in [1.165, 1.54) is 9.13 Å². The Labute approximate surface area is 105 Å². The maximum absolute atomic E-state index is 6.19. The summed E-state index contributed by atoms with van der Waals surface area (Å²) < 4.78 is 6.30. The van der Waals surface area contributed by atoms with Crippen molar-refractivity contribution in [2.45, 2.75) is 19.4 Å². The molecule has 0 saturated heterocycles. The van der Waals surface area contributed by atoms with E-state index >= 15 is 0 Å². The zero-order valence-corrected chi connectivity index (χ0v) is 11.4. The van der Waals surface area contributed by atoms with Gasteiger partial charge in [-0.1, -0.05) is 19.1 Å². The first-order valence-electron chi connectivity index (χ1n) is 5.15. The van der Waals surface area contributed by atoms with Gasteiger partial charge in [0.05, 0.1) is 0 Å². The highest BCUT2D eigenvalue weighted by atomic mass is 127. The van der Waals surface area contributed by atoms with Crippen LogP contribution in [-0.2, 0) is 4.74 Å². The van der Waals surface area contributed by atoms with Gasteiger partial charge in [0.25, 0.3) is 0 Å². The minimum Gasteiger partial charge on any atom is -0.385 e. The third kappa shape index (κ3) is 4.09. The van der Waals surface area contributed by atoms with Crippen LogP contribution in [0.15, 0.2) is 24.3 Å². The van der Waals surface area contributed by atoms with Crippen LogP contribution in [0, 0.1) is 9.49 Å². The predicted molar refractivity (Wildman–Crippen MR) is 71.7 cm³/mol. The van der Waals surface area contributed by atoms with E-state index < -0.39 is 0 Å². The first kappa shape index (κ1) is 12.9. The largest absolute Gasteiger partial charge is 0.385 e.